The number of hydrogen-bond donors (Lipinski definition) is 2. The van der Waals surface area contributed by atoms with Gasteiger partial charge in [-0.25, -0.2) is 0 Å². The fraction of sp³-hybridized carbons (Fsp3) is 0.263. The number of rotatable bonds is 4. The molecule has 1 heterocycles. The van der Waals surface area contributed by atoms with Gasteiger partial charge in [-0.2, -0.15) is 0 Å². The second kappa shape index (κ2) is 6.74. The second-order valence-corrected chi connectivity index (χ2v) is 5.81. The molecule has 1 unspecified atom stereocenters. The first-order chi connectivity index (χ1) is 11.6. The van der Waals surface area contributed by atoms with Gasteiger partial charge in [0.15, 0.2) is 6.10 Å². The van der Waals surface area contributed by atoms with E-state index in [-0.39, 0.29) is 18.2 Å². The molecule has 0 saturated carbocycles. The number of hydrogen-bond acceptors (Lipinski definition) is 3. The van der Waals surface area contributed by atoms with E-state index in [1.54, 1.807) is 12.1 Å². The lowest BCUT2D eigenvalue weighted by Gasteiger charge is -2.25. The van der Waals surface area contributed by atoms with Crippen molar-refractivity contribution in [1.29, 1.82) is 0 Å². The number of amides is 2. The SMILES string of the molecule is CCc1cccc(C)c1NC(=O)CC1Oc2ccccc2NC1=O. The number of benzene rings is 2. The molecule has 0 aromatic heterocycles. The van der Waals surface area contributed by atoms with Crippen LogP contribution in [0.4, 0.5) is 11.4 Å². The zero-order valence-electron chi connectivity index (χ0n) is 13.8. The van der Waals surface area contributed by atoms with Gasteiger partial charge in [-0.3, -0.25) is 9.59 Å². The summed E-state index contributed by atoms with van der Waals surface area (Å²) < 4.78 is 5.67. The van der Waals surface area contributed by atoms with Gasteiger partial charge in [0.1, 0.15) is 5.75 Å². The van der Waals surface area contributed by atoms with Crippen molar-refractivity contribution < 1.29 is 14.3 Å². The Labute approximate surface area is 141 Å². The first-order valence-electron chi connectivity index (χ1n) is 8.03. The van der Waals surface area contributed by atoms with Gasteiger partial charge in [0, 0.05) is 5.69 Å². The van der Waals surface area contributed by atoms with Crippen LogP contribution in [0.5, 0.6) is 5.75 Å². The molecule has 0 radical (unpaired) electrons. The summed E-state index contributed by atoms with van der Waals surface area (Å²) in [5.74, 6) is 0.0444. The summed E-state index contributed by atoms with van der Waals surface area (Å²) in [5.41, 5.74) is 3.53. The number of para-hydroxylation sites is 3. The Kier molecular flexibility index (Phi) is 4.51. The molecule has 2 N–H and O–H groups in total. The van der Waals surface area contributed by atoms with E-state index < -0.39 is 6.10 Å². The van der Waals surface area contributed by atoms with Crippen molar-refractivity contribution in [3.8, 4) is 5.75 Å². The van der Waals surface area contributed by atoms with E-state index in [4.69, 9.17) is 4.74 Å². The van der Waals surface area contributed by atoms with Crippen LogP contribution in [-0.4, -0.2) is 17.9 Å². The summed E-state index contributed by atoms with van der Waals surface area (Å²) in [5, 5.41) is 5.69. The van der Waals surface area contributed by atoms with Crippen molar-refractivity contribution in [3.63, 3.8) is 0 Å². The van der Waals surface area contributed by atoms with Crippen LogP contribution < -0.4 is 15.4 Å². The van der Waals surface area contributed by atoms with Crippen molar-refractivity contribution in [3.05, 3.63) is 53.6 Å². The van der Waals surface area contributed by atoms with Crippen LogP contribution in [0.1, 0.15) is 24.5 Å². The molecule has 0 aliphatic carbocycles. The van der Waals surface area contributed by atoms with Crippen LogP contribution in [0.2, 0.25) is 0 Å². The van der Waals surface area contributed by atoms with Crippen LogP contribution in [0.3, 0.4) is 0 Å². The largest absolute Gasteiger partial charge is 0.478 e. The fourth-order valence-corrected chi connectivity index (χ4v) is 2.79. The monoisotopic (exact) mass is 324 g/mol. The molecule has 2 aromatic rings. The smallest absolute Gasteiger partial charge is 0.266 e. The van der Waals surface area contributed by atoms with Gasteiger partial charge >= 0.3 is 0 Å². The molecule has 0 bridgehead atoms. The van der Waals surface area contributed by atoms with Crippen LogP contribution in [-0.2, 0) is 16.0 Å². The van der Waals surface area contributed by atoms with E-state index in [0.717, 1.165) is 23.2 Å². The van der Waals surface area contributed by atoms with Crippen LogP contribution in [0.25, 0.3) is 0 Å². The average molecular weight is 324 g/mol. The van der Waals surface area contributed by atoms with E-state index in [1.807, 2.05) is 44.2 Å². The van der Waals surface area contributed by atoms with E-state index in [2.05, 4.69) is 10.6 Å². The molecule has 24 heavy (non-hydrogen) atoms. The Morgan fingerprint density at radius 1 is 1.21 bits per heavy atom. The third-order valence-corrected chi connectivity index (χ3v) is 4.08. The summed E-state index contributed by atoms with van der Waals surface area (Å²) >= 11 is 0. The van der Waals surface area contributed by atoms with Gasteiger partial charge in [-0.05, 0) is 36.6 Å². The molecule has 3 rings (SSSR count). The number of aryl methyl sites for hydroxylation is 2. The molecule has 5 nitrogen and oxygen atoms in total. The average Bonchev–Trinajstić information content (AvgIpc) is 2.57. The fourth-order valence-electron chi connectivity index (χ4n) is 2.79. The highest BCUT2D eigenvalue weighted by molar-refractivity contribution is 6.02. The molecular formula is C19H20N2O3. The van der Waals surface area contributed by atoms with E-state index >= 15 is 0 Å². The summed E-state index contributed by atoms with van der Waals surface area (Å²) in [7, 11) is 0. The molecule has 0 fully saturated rings. The Bertz CT molecular complexity index is 786. The molecule has 124 valence electrons. The molecule has 2 amide bonds. The maximum Gasteiger partial charge on any atom is 0.266 e. The predicted molar refractivity (Wildman–Crippen MR) is 93.3 cm³/mol. The highest BCUT2D eigenvalue weighted by Crippen LogP contribution is 2.30. The number of ether oxygens (including phenoxy) is 1. The first kappa shape index (κ1) is 16.1. The Morgan fingerprint density at radius 2 is 2.00 bits per heavy atom. The molecule has 1 atom stereocenters. The number of carbonyl (C=O) groups is 2. The Balaban J connectivity index is 1.71. The lowest BCUT2D eigenvalue weighted by Crippen LogP contribution is -2.39. The summed E-state index contributed by atoms with van der Waals surface area (Å²) in [4.78, 5) is 24.5. The van der Waals surface area contributed by atoms with E-state index in [9.17, 15) is 9.59 Å². The maximum absolute atomic E-state index is 12.4. The van der Waals surface area contributed by atoms with Crippen molar-refractivity contribution >= 4 is 23.2 Å². The minimum atomic E-state index is -0.825. The van der Waals surface area contributed by atoms with E-state index in [0.29, 0.717) is 11.4 Å². The van der Waals surface area contributed by atoms with Gasteiger partial charge in [-0.1, -0.05) is 37.3 Å². The minimum absolute atomic E-state index is 0.0301. The van der Waals surface area contributed by atoms with Crippen molar-refractivity contribution in [2.45, 2.75) is 32.8 Å². The Hall–Kier alpha value is -2.82. The maximum atomic E-state index is 12.4. The Morgan fingerprint density at radius 3 is 2.79 bits per heavy atom. The predicted octanol–water partition coefficient (Wildman–Crippen LogP) is 3.29. The van der Waals surface area contributed by atoms with Gasteiger partial charge < -0.3 is 15.4 Å². The molecular weight excluding hydrogens is 304 g/mol. The van der Waals surface area contributed by atoms with Crippen LogP contribution >= 0.6 is 0 Å². The van der Waals surface area contributed by atoms with Crippen LogP contribution in [0, 0.1) is 6.92 Å². The quantitative estimate of drug-likeness (QED) is 0.907. The summed E-state index contributed by atoms with van der Waals surface area (Å²) in [6.45, 7) is 3.99. The zero-order valence-corrected chi connectivity index (χ0v) is 13.8. The third-order valence-electron chi connectivity index (χ3n) is 4.08. The van der Waals surface area contributed by atoms with Crippen LogP contribution in [0.15, 0.2) is 42.5 Å². The van der Waals surface area contributed by atoms with E-state index in [1.165, 1.54) is 0 Å². The van der Waals surface area contributed by atoms with Crippen molar-refractivity contribution in [1.82, 2.24) is 0 Å². The van der Waals surface area contributed by atoms with Gasteiger partial charge in [-0.15, -0.1) is 0 Å². The topological polar surface area (TPSA) is 67.4 Å². The zero-order chi connectivity index (χ0) is 17.1. The molecule has 0 spiro atoms. The number of anilines is 2. The number of nitrogens with one attached hydrogen (secondary N) is 2. The minimum Gasteiger partial charge on any atom is -0.478 e. The molecule has 0 saturated heterocycles. The first-order valence-corrected chi connectivity index (χ1v) is 8.03. The highest BCUT2D eigenvalue weighted by atomic mass is 16.5. The lowest BCUT2D eigenvalue weighted by atomic mass is 10.1. The normalized spacial score (nSPS) is 15.9. The summed E-state index contributed by atoms with van der Waals surface area (Å²) in [6.07, 6.45) is -0.0306. The molecule has 5 heteroatoms. The lowest BCUT2D eigenvalue weighted by molar-refractivity contribution is -0.128. The van der Waals surface area contributed by atoms with Gasteiger partial charge in [0.25, 0.3) is 5.91 Å². The molecule has 1 aliphatic heterocycles. The van der Waals surface area contributed by atoms with Crippen molar-refractivity contribution in [2.75, 3.05) is 10.6 Å². The second-order valence-electron chi connectivity index (χ2n) is 5.81. The number of fused-ring (bicyclic) bond motifs is 1. The standard InChI is InChI=1S/C19H20N2O3/c1-3-13-8-6-7-12(2)18(13)21-17(22)11-16-19(23)20-14-9-4-5-10-15(14)24-16/h4-10,16H,3,11H2,1-2H3,(H,20,23)(H,21,22). The molecule has 1 aliphatic rings. The van der Waals surface area contributed by atoms with Gasteiger partial charge in [0.05, 0.1) is 12.1 Å². The third kappa shape index (κ3) is 3.25. The highest BCUT2D eigenvalue weighted by Gasteiger charge is 2.29. The number of carbonyl (C=O) groups excluding carboxylic acids is 2. The van der Waals surface area contributed by atoms with Crippen molar-refractivity contribution in [2.24, 2.45) is 0 Å². The summed E-state index contributed by atoms with van der Waals surface area (Å²) in [6, 6.07) is 13.1. The van der Waals surface area contributed by atoms with Gasteiger partial charge in [0.2, 0.25) is 5.91 Å². The molecule has 2 aromatic carbocycles.